The minimum absolute atomic E-state index is 0.185. The quantitative estimate of drug-likeness (QED) is 0.265. The Morgan fingerprint density at radius 3 is 2.46 bits per heavy atom. The summed E-state index contributed by atoms with van der Waals surface area (Å²) >= 11 is 12.4. The summed E-state index contributed by atoms with van der Waals surface area (Å²) in [5.74, 6) is 0. The Morgan fingerprint density at radius 1 is 1.18 bits per heavy atom. The summed E-state index contributed by atoms with van der Waals surface area (Å²) in [5, 5.41) is 22.2. The van der Waals surface area contributed by atoms with E-state index in [1.54, 1.807) is 30.6 Å². The van der Waals surface area contributed by atoms with E-state index < -0.39 is 39.7 Å². The van der Waals surface area contributed by atoms with Crippen LogP contribution in [0.5, 0.6) is 0 Å². The molecule has 0 aliphatic rings. The molecule has 10 nitrogen and oxygen atoms in total. The van der Waals surface area contributed by atoms with Crippen molar-refractivity contribution in [1.82, 2.24) is 24.2 Å². The predicted octanol–water partition coefficient (Wildman–Crippen LogP) is 5.03. The van der Waals surface area contributed by atoms with Gasteiger partial charge in [-0.15, -0.1) is 0 Å². The summed E-state index contributed by atoms with van der Waals surface area (Å²) in [7, 11) is -4.00. The lowest BCUT2D eigenvalue weighted by atomic mass is 9.83. The molecular formula is C26H35Cl2N5O5S. The van der Waals surface area contributed by atoms with Crippen LogP contribution in [0, 0.1) is 5.41 Å². The normalized spacial score (nSPS) is 14.7. The van der Waals surface area contributed by atoms with Gasteiger partial charge in [-0.3, -0.25) is 4.90 Å². The number of halogens is 2. The van der Waals surface area contributed by atoms with Gasteiger partial charge in [0, 0.05) is 19.3 Å². The van der Waals surface area contributed by atoms with Crippen LogP contribution in [0.25, 0.3) is 11.0 Å². The number of benzene rings is 1. The zero-order chi connectivity index (χ0) is 29.0. The Kier molecular flexibility index (Phi) is 10.2. The van der Waals surface area contributed by atoms with E-state index in [9.17, 15) is 23.4 Å². The molecule has 0 saturated carbocycles. The molecule has 0 aliphatic carbocycles. The average Bonchev–Trinajstić information content (AvgIpc) is 3.25. The van der Waals surface area contributed by atoms with Gasteiger partial charge in [-0.05, 0) is 36.1 Å². The number of unbranched alkanes of at least 4 members (excludes halogenated alkanes) is 1. The van der Waals surface area contributed by atoms with Crippen molar-refractivity contribution < 1.29 is 23.4 Å². The first-order valence-corrected chi connectivity index (χ1v) is 14.9. The molecule has 3 aromatic rings. The number of imidazole rings is 1. The summed E-state index contributed by atoms with van der Waals surface area (Å²) < 4.78 is 29.6. The lowest BCUT2D eigenvalue weighted by molar-refractivity contribution is -0.00666. The van der Waals surface area contributed by atoms with E-state index in [1.165, 1.54) is 17.2 Å². The fourth-order valence-electron chi connectivity index (χ4n) is 4.51. The second-order valence-electron chi connectivity index (χ2n) is 10.5. The standard InChI is InChI=1S/C26H35Cl2N5O5S/c1-5-6-9-20(22(34)14-31-39(37,38)24-10-7-8-11-29-24)33(25(35)36)23(26(2,3)4)15-32-16-30-19-12-17(27)18(28)13-21(19)32/h7-8,10-13,16,20,22-23,31,34H,5-6,9,14-15H2,1-4H3,(H,35,36)/t20-,22+,23?/m0/s1. The third kappa shape index (κ3) is 7.61. The number of nitrogens with zero attached hydrogens (tertiary/aromatic N) is 4. The van der Waals surface area contributed by atoms with Gasteiger partial charge in [0.1, 0.15) is 0 Å². The van der Waals surface area contributed by atoms with Gasteiger partial charge in [-0.1, -0.05) is 69.8 Å². The van der Waals surface area contributed by atoms with Crippen LogP contribution in [0.1, 0.15) is 47.0 Å². The molecule has 0 saturated heterocycles. The highest BCUT2D eigenvalue weighted by molar-refractivity contribution is 7.89. The van der Waals surface area contributed by atoms with Crippen LogP contribution >= 0.6 is 23.2 Å². The van der Waals surface area contributed by atoms with Crippen molar-refractivity contribution >= 4 is 50.4 Å². The number of carboxylic acid groups (broad SMARTS) is 1. The Bertz CT molecular complexity index is 1380. The zero-order valence-corrected chi connectivity index (χ0v) is 24.7. The summed E-state index contributed by atoms with van der Waals surface area (Å²) in [6.45, 7) is 7.57. The Hall–Kier alpha value is -2.44. The number of aliphatic hydroxyl groups is 1. The summed E-state index contributed by atoms with van der Waals surface area (Å²) in [4.78, 5) is 22.3. The summed E-state index contributed by atoms with van der Waals surface area (Å²) in [6.07, 6.45) is 2.18. The van der Waals surface area contributed by atoms with Crippen LogP contribution in [0.4, 0.5) is 4.79 Å². The predicted molar refractivity (Wildman–Crippen MR) is 152 cm³/mol. The Balaban J connectivity index is 1.95. The van der Waals surface area contributed by atoms with Crippen molar-refractivity contribution in [2.45, 2.75) is 76.7 Å². The zero-order valence-electron chi connectivity index (χ0n) is 22.4. The van der Waals surface area contributed by atoms with Gasteiger partial charge in [-0.25, -0.2) is 27.9 Å². The van der Waals surface area contributed by atoms with Crippen LogP contribution in [0.2, 0.25) is 10.0 Å². The highest BCUT2D eigenvalue weighted by Gasteiger charge is 2.41. The summed E-state index contributed by atoms with van der Waals surface area (Å²) in [5.41, 5.74) is 0.742. The smallest absolute Gasteiger partial charge is 0.407 e. The van der Waals surface area contributed by atoms with Gasteiger partial charge >= 0.3 is 6.09 Å². The number of hydrogen-bond donors (Lipinski definition) is 3. The molecule has 2 heterocycles. The maximum absolute atomic E-state index is 12.8. The SMILES string of the molecule is CCCC[C@@H]([C@H](O)CNS(=O)(=O)c1ccccn1)N(C(=O)O)C(Cn1cnc2cc(Cl)c(Cl)cc21)C(C)(C)C. The Labute approximate surface area is 239 Å². The molecule has 3 N–H and O–H groups in total. The summed E-state index contributed by atoms with van der Waals surface area (Å²) in [6, 6.07) is 6.32. The van der Waals surface area contributed by atoms with Crippen LogP contribution < -0.4 is 4.72 Å². The minimum Gasteiger partial charge on any atom is -0.465 e. The molecule has 0 bridgehead atoms. The van der Waals surface area contributed by atoms with Gasteiger partial charge in [0.15, 0.2) is 5.03 Å². The highest BCUT2D eigenvalue weighted by atomic mass is 35.5. The van der Waals surface area contributed by atoms with Crippen molar-refractivity contribution in [2.24, 2.45) is 5.41 Å². The number of rotatable bonds is 12. The molecule has 0 fully saturated rings. The van der Waals surface area contributed by atoms with Crippen molar-refractivity contribution in [3.05, 3.63) is 52.9 Å². The molecule has 3 atom stereocenters. The van der Waals surface area contributed by atoms with E-state index in [2.05, 4.69) is 14.7 Å². The molecule has 0 spiro atoms. The number of hydrogen-bond acceptors (Lipinski definition) is 6. The third-order valence-corrected chi connectivity index (χ3v) is 8.70. The molecule has 39 heavy (non-hydrogen) atoms. The number of pyridine rings is 1. The van der Waals surface area contributed by atoms with Crippen LogP contribution in [-0.2, 0) is 16.6 Å². The number of nitrogens with one attached hydrogen (secondary N) is 1. The lowest BCUT2D eigenvalue weighted by Crippen LogP contribution is -2.58. The number of fused-ring (bicyclic) bond motifs is 1. The molecule has 1 aromatic carbocycles. The second-order valence-corrected chi connectivity index (χ2v) is 13.0. The van der Waals surface area contributed by atoms with Crippen LogP contribution in [0.15, 0.2) is 47.9 Å². The maximum Gasteiger partial charge on any atom is 0.407 e. The third-order valence-electron chi connectivity index (χ3n) is 6.64. The highest BCUT2D eigenvalue weighted by Crippen LogP contribution is 2.32. The van der Waals surface area contributed by atoms with Gasteiger partial charge in [0.2, 0.25) is 0 Å². The van der Waals surface area contributed by atoms with Gasteiger partial charge < -0.3 is 14.8 Å². The van der Waals surface area contributed by atoms with E-state index >= 15 is 0 Å². The van der Waals surface area contributed by atoms with Gasteiger partial charge in [0.25, 0.3) is 10.0 Å². The second kappa shape index (κ2) is 12.8. The maximum atomic E-state index is 12.8. The fraction of sp³-hybridized carbons (Fsp3) is 0.500. The molecule has 13 heteroatoms. The number of aliphatic hydroxyl groups excluding tert-OH is 1. The number of carbonyl (C=O) groups is 1. The molecular weight excluding hydrogens is 565 g/mol. The topological polar surface area (TPSA) is 138 Å². The van der Waals surface area contributed by atoms with Crippen molar-refractivity contribution in [1.29, 1.82) is 0 Å². The first-order valence-electron chi connectivity index (χ1n) is 12.7. The molecule has 214 valence electrons. The molecule has 2 aromatic heterocycles. The largest absolute Gasteiger partial charge is 0.465 e. The minimum atomic E-state index is -4.00. The number of sulfonamides is 1. The fourth-order valence-corrected chi connectivity index (χ4v) is 5.82. The number of amides is 1. The number of aromatic nitrogens is 3. The van der Waals surface area contributed by atoms with E-state index in [1.807, 2.05) is 32.3 Å². The van der Waals surface area contributed by atoms with Crippen molar-refractivity contribution in [3.8, 4) is 0 Å². The first kappa shape index (κ1) is 31.1. The van der Waals surface area contributed by atoms with E-state index in [0.29, 0.717) is 33.9 Å². The van der Waals surface area contributed by atoms with Crippen LogP contribution in [0.3, 0.4) is 0 Å². The monoisotopic (exact) mass is 599 g/mol. The first-order chi connectivity index (χ1) is 18.3. The molecule has 1 unspecified atom stereocenters. The van der Waals surface area contributed by atoms with Gasteiger partial charge in [0.05, 0.1) is 45.6 Å². The van der Waals surface area contributed by atoms with Crippen LogP contribution in [-0.4, -0.2) is 68.9 Å². The molecule has 1 amide bonds. The molecule has 0 radical (unpaired) electrons. The lowest BCUT2D eigenvalue weighted by Gasteiger charge is -2.44. The van der Waals surface area contributed by atoms with Gasteiger partial charge in [-0.2, -0.15) is 0 Å². The van der Waals surface area contributed by atoms with Crippen molar-refractivity contribution in [3.63, 3.8) is 0 Å². The van der Waals surface area contributed by atoms with Crippen molar-refractivity contribution in [2.75, 3.05) is 6.54 Å². The van der Waals surface area contributed by atoms with E-state index in [-0.39, 0.29) is 18.1 Å². The van der Waals surface area contributed by atoms with E-state index in [4.69, 9.17) is 23.2 Å². The molecule has 3 rings (SSSR count). The van der Waals surface area contributed by atoms with E-state index in [0.717, 1.165) is 6.42 Å². The Morgan fingerprint density at radius 2 is 1.87 bits per heavy atom. The average molecular weight is 601 g/mol. The molecule has 0 aliphatic heterocycles.